The van der Waals surface area contributed by atoms with Gasteiger partial charge in [-0.1, -0.05) is 48.0 Å². The van der Waals surface area contributed by atoms with E-state index in [0.29, 0.717) is 29.5 Å². The Bertz CT molecular complexity index is 1300. The summed E-state index contributed by atoms with van der Waals surface area (Å²) in [6.45, 7) is 0.495. The van der Waals surface area contributed by atoms with E-state index in [4.69, 9.17) is 21.3 Å². The summed E-state index contributed by atoms with van der Waals surface area (Å²) in [5, 5.41) is 0.668. The molecular formula is C25H19ClN4O. The van der Waals surface area contributed by atoms with Crippen molar-refractivity contribution in [3.05, 3.63) is 107 Å². The van der Waals surface area contributed by atoms with Gasteiger partial charge in [-0.2, -0.15) is 0 Å². The molecule has 0 aliphatic heterocycles. The van der Waals surface area contributed by atoms with E-state index in [2.05, 4.69) is 15.0 Å². The Morgan fingerprint density at radius 1 is 0.871 bits per heavy atom. The number of benzene rings is 2. The van der Waals surface area contributed by atoms with Gasteiger partial charge in [0.25, 0.3) is 0 Å². The molecule has 5 nitrogen and oxygen atoms in total. The second kappa shape index (κ2) is 8.58. The first-order chi connectivity index (χ1) is 15.2. The molecule has 0 radical (unpaired) electrons. The number of nitrogens with one attached hydrogen (secondary N) is 1. The highest BCUT2D eigenvalue weighted by Gasteiger charge is 2.11. The zero-order valence-electron chi connectivity index (χ0n) is 16.6. The van der Waals surface area contributed by atoms with Gasteiger partial charge in [0.15, 0.2) is 11.5 Å². The highest BCUT2D eigenvalue weighted by molar-refractivity contribution is 6.30. The Kier molecular flexibility index (Phi) is 5.33. The second-order valence-electron chi connectivity index (χ2n) is 7.18. The highest BCUT2D eigenvalue weighted by Crippen LogP contribution is 2.27. The molecule has 0 aliphatic rings. The number of imidazole rings is 1. The van der Waals surface area contributed by atoms with Gasteiger partial charge in [-0.15, -0.1) is 0 Å². The van der Waals surface area contributed by atoms with Crippen molar-refractivity contribution in [2.75, 3.05) is 0 Å². The van der Waals surface area contributed by atoms with Gasteiger partial charge in [0.2, 0.25) is 0 Å². The summed E-state index contributed by atoms with van der Waals surface area (Å²) in [4.78, 5) is 16.9. The lowest BCUT2D eigenvalue weighted by Crippen LogP contribution is -2.01. The van der Waals surface area contributed by atoms with Gasteiger partial charge in [-0.25, -0.2) is 15.0 Å². The molecule has 1 N–H and O–H groups in total. The topological polar surface area (TPSA) is 63.7 Å². The van der Waals surface area contributed by atoms with Crippen molar-refractivity contribution in [3.8, 4) is 17.3 Å². The highest BCUT2D eigenvalue weighted by atomic mass is 35.5. The quantitative estimate of drug-likeness (QED) is 0.370. The molecule has 0 spiro atoms. The van der Waals surface area contributed by atoms with Crippen LogP contribution in [0.15, 0.2) is 85.1 Å². The molecule has 0 amide bonds. The van der Waals surface area contributed by atoms with Gasteiger partial charge in [0.1, 0.15) is 18.1 Å². The van der Waals surface area contributed by atoms with Crippen LogP contribution in [0, 0.1) is 0 Å². The first-order valence-electron chi connectivity index (χ1n) is 9.97. The van der Waals surface area contributed by atoms with E-state index in [9.17, 15) is 0 Å². The van der Waals surface area contributed by atoms with E-state index in [-0.39, 0.29) is 0 Å². The number of hydrogen-bond donors (Lipinski definition) is 1. The summed E-state index contributed by atoms with van der Waals surface area (Å²) in [6, 6.07) is 25.5. The fourth-order valence-electron chi connectivity index (χ4n) is 3.43. The van der Waals surface area contributed by atoms with E-state index in [1.807, 2.05) is 78.9 Å². The lowest BCUT2D eigenvalue weighted by atomic mass is 10.1. The Balaban J connectivity index is 1.40. The lowest BCUT2D eigenvalue weighted by molar-refractivity contribution is 0.303. The number of aromatic nitrogens is 4. The lowest BCUT2D eigenvalue weighted by Gasteiger charge is -2.12. The maximum Gasteiger partial charge on any atom is 0.178 e. The molecule has 0 saturated carbocycles. The molecule has 31 heavy (non-hydrogen) atoms. The molecule has 0 bridgehead atoms. The number of hydrogen-bond acceptors (Lipinski definition) is 4. The van der Waals surface area contributed by atoms with Crippen LogP contribution in [0.2, 0.25) is 5.02 Å². The van der Waals surface area contributed by atoms with Crippen LogP contribution in [0.4, 0.5) is 0 Å². The number of H-pyrrole nitrogens is 1. The third-order valence-electron chi connectivity index (χ3n) is 4.94. The van der Waals surface area contributed by atoms with Crippen LogP contribution in [-0.2, 0) is 13.0 Å². The van der Waals surface area contributed by atoms with Crippen molar-refractivity contribution in [2.45, 2.75) is 13.0 Å². The van der Waals surface area contributed by atoms with E-state index in [0.717, 1.165) is 33.8 Å². The minimum atomic E-state index is 0.495. The average Bonchev–Trinajstić information content (AvgIpc) is 3.24. The van der Waals surface area contributed by atoms with Crippen molar-refractivity contribution < 1.29 is 4.74 Å². The molecule has 152 valence electrons. The smallest absolute Gasteiger partial charge is 0.178 e. The van der Waals surface area contributed by atoms with Gasteiger partial charge in [0, 0.05) is 28.9 Å². The van der Waals surface area contributed by atoms with Gasteiger partial charge in [-0.3, -0.25) is 0 Å². The van der Waals surface area contributed by atoms with Crippen LogP contribution in [0.1, 0.15) is 16.8 Å². The van der Waals surface area contributed by atoms with E-state index in [1.165, 1.54) is 0 Å². The van der Waals surface area contributed by atoms with Crippen LogP contribution in [0.5, 0.6) is 5.75 Å². The van der Waals surface area contributed by atoms with Crippen LogP contribution in [0.3, 0.4) is 0 Å². The Morgan fingerprint density at radius 2 is 1.77 bits per heavy atom. The van der Waals surface area contributed by atoms with Crippen LogP contribution in [-0.4, -0.2) is 19.9 Å². The van der Waals surface area contributed by atoms with E-state index in [1.54, 1.807) is 6.20 Å². The number of nitrogens with zero attached hydrogens (tertiary/aromatic N) is 3. The number of fused-ring (bicyclic) bond motifs is 1. The maximum atomic E-state index is 6.27. The Labute approximate surface area is 184 Å². The third kappa shape index (κ3) is 4.42. The van der Waals surface area contributed by atoms with E-state index < -0.39 is 0 Å². The zero-order chi connectivity index (χ0) is 21.0. The summed E-state index contributed by atoms with van der Waals surface area (Å²) in [6.07, 6.45) is 2.32. The summed E-state index contributed by atoms with van der Waals surface area (Å²) < 4.78 is 6.09. The fraction of sp³-hybridized carbons (Fsp3) is 0.0800. The molecular weight excluding hydrogens is 408 g/mol. The molecule has 0 saturated heterocycles. The molecule has 2 aromatic carbocycles. The monoisotopic (exact) mass is 426 g/mol. The number of halogens is 1. The van der Waals surface area contributed by atoms with E-state index >= 15 is 0 Å². The molecule has 0 aliphatic carbocycles. The summed E-state index contributed by atoms with van der Waals surface area (Å²) in [5.41, 5.74) is 5.33. The van der Waals surface area contributed by atoms with Crippen molar-refractivity contribution in [1.82, 2.24) is 19.9 Å². The van der Waals surface area contributed by atoms with Crippen LogP contribution >= 0.6 is 11.6 Å². The Hall–Kier alpha value is -3.70. The minimum absolute atomic E-state index is 0.495. The van der Waals surface area contributed by atoms with Gasteiger partial charge < -0.3 is 9.72 Å². The zero-order valence-corrected chi connectivity index (χ0v) is 17.4. The van der Waals surface area contributed by atoms with Crippen molar-refractivity contribution in [3.63, 3.8) is 0 Å². The number of rotatable bonds is 6. The molecule has 3 heterocycles. The van der Waals surface area contributed by atoms with Gasteiger partial charge in [0.05, 0.1) is 5.52 Å². The predicted molar refractivity (Wildman–Crippen MR) is 122 cm³/mol. The first-order valence-corrected chi connectivity index (χ1v) is 10.3. The van der Waals surface area contributed by atoms with Crippen molar-refractivity contribution in [2.24, 2.45) is 0 Å². The summed E-state index contributed by atoms with van der Waals surface area (Å²) >= 11 is 6.27. The molecule has 6 heteroatoms. The van der Waals surface area contributed by atoms with Gasteiger partial charge >= 0.3 is 0 Å². The van der Waals surface area contributed by atoms with Crippen LogP contribution < -0.4 is 4.74 Å². The minimum Gasteiger partial charge on any atom is -0.489 e. The molecule has 0 unspecified atom stereocenters. The molecule has 0 atom stereocenters. The Morgan fingerprint density at radius 3 is 2.65 bits per heavy atom. The average molecular weight is 427 g/mol. The number of pyridine rings is 2. The molecule has 5 aromatic rings. The van der Waals surface area contributed by atoms with Gasteiger partial charge in [-0.05, 0) is 48.0 Å². The first kappa shape index (κ1) is 19.3. The van der Waals surface area contributed by atoms with Crippen LogP contribution in [0.25, 0.3) is 22.7 Å². The summed E-state index contributed by atoms with van der Waals surface area (Å²) in [5.74, 6) is 1.50. The maximum absolute atomic E-state index is 6.27. The molecule has 3 aromatic heterocycles. The van der Waals surface area contributed by atoms with Crippen molar-refractivity contribution in [1.29, 1.82) is 0 Å². The normalized spacial score (nSPS) is 11.0. The SMILES string of the molecule is Clc1ccc(OCc2ccccc2)c(Cc2cccc(-c3nc4ncccc4[nH]3)n2)c1. The second-order valence-corrected chi connectivity index (χ2v) is 7.61. The largest absolute Gasteiger partial charge is 0.489 e. The van der Waals surface area contributed by atoms with Crippen molar-refractivity contribution >= 4 is 22.8 Å². The summed E-state index contributed by atoms with van der Waals surface area (Å²) in [7, 11) is 0. The number of ether oxygens (including phenoxy) is 1. The predicted octanol–water partition coefficient (Wildman–Crippen LogP) is 5.84. The standard InChI is InChI=1S/C25H19ClN4O/c26-19-11-12-23(31-16-17-6-2-1-3-7-17)18(14-19)15-20-8-4-9-22(28-20)25-29-21-10-5-13-27-24(21)30-25/h1-14H,15-16H2,(H,27,29,30). The fourth-order valence-corrected chi connectivity index (χ4v) is 3.63. The third-order valence-corrected chi connectivity index (χ3v) is 5.17. The number of aromatic amines is 1. The molecule has 0 fully saturated rings. The molecule has 5 rings (SSSR count).